The van der Waals surface area contributed by atoms with Gasteiger partial charge in [-0.15, -0.1) is 11.3 Å². The molecule has 0 fully saturated rings. The Morgan fingerprint density at radius 3 is 2.62 bits per heavy atom. The van der Waals surface area contributed by atoms with Gasteiger partial charge in [0, 0.05) is 19.4 Å². The van der Waals surface area contributed by atoms with Crippen molar-refractivity contribution in [1.29, 1.82) is 0 Å². The van der Waals surface area contributed by atoms with E-state index in [1.807, 2.05) is 0 Å². The minimum atomic E-state index is -0.882. The van der Waals surface area contributed by atoms with Gasteiger partial charge in [-0.3, -0.25) is 9.59 Å². The van der Waals surface area contributed by atoms with Gasteiger partial charge in [0.05, 0.1) is 10.7 Å². The molecule has 0 aliphatic heterocycles. The average Bonchev–Trinajstić information content (AvgIpc) is 2.87. The summed E-state index contributed by atoms with van der Waals surface area (Å²) < 4.78 is 12.9. The molecule has 2 aromatic rings. The van der Waals surface area contributed by atoms with Gasteiger partial charge in [0.2, 0.25) is 0 Å². The number of carbonyl (C=O) groups is 2. The summed E-state index contributed by atoms with van der Waals surface area (Å²) >= 11 is 1.30. The van der Waals surface area contributed by atoms with Crippen LogP contribution in [0.15, 0.2) is 24.3 Å². The third-order valence-electron chi connectivity index (χ3n) is 3.45. The van der Waals surface area contributed by atoms with Gasteiger partial charge in [0.15, 0.2) is 0 Å². The maximum absolute atomic E-state index is 12.9. The number of thiazole rings is 1. The van der Waals surface area contributed by atoms with Crippen LogP contribution in [0.5, 0.6) is 0 Å². The van der Waals surface area contributed by atoms with Crippen molar-refractivity contribution >= 4 is 23.2 Å². The predicted octanol–water partition coefficient (Wildman–Crippen LogP) is 3.02. The van der Waals surface area contributed by atoms with Gasteiger partial charge < -0.3 is 10.4 Å². The Morgan fingerprint density at radius 1 is 1.33 bits per heavy atom. The van der Waals surface area contributed by atoms with Crippen molar-refractivity contribution in [3.05, 3.63) is 51.2 Å². The smallest absolute Gasteiger partial charge is 0.303 e. The van der Waals surface area contributed by atoms with E-state index in [1.54, 1.807) is 26.0 Å². The molecule has 1 unspecified atom stereocenters. The molecule has 0 spiro atoms. The number of carboxylic acid groups (broad SMARTS) is 1. The predicted molar refractivity (Wildman–Crippen MR) is 89.8 cm³/mol. The molecular formula is C17H19FN2O3S. The van der Waals surface area contributed by atoms with Crippen LogP contribution < -0.4 is 5.32 Å². The number of carbonyl (C=O) groups excluding carboxylic acids is 1. The molecule has 1 heterocycles. The first-order valence-corrected chi connectivity index (χ1v) is 8.37. The van der Waals surface area contributed by atoms with Crippen LogP contribution in [-0.2, 0) is 11.2 Å². The van der Waals surface area contributed by atoms with Gasteiger partial charge in [-0.25, -0.2) is 9.37 Å². The molecule has 1 aromatic heterocycles. The van der Waals surface area contributed by atoms with Crippen LogP contribution in [0.2, 0.25) is 0 Å². The maximum Gasteiger partial charge on any atom is 0.303 e. The van der Waals surface area contributed by atoms with E-state index in [1.165, 1.54) is 23.5 Å². The van der Waals surface area contributed by atoms with E-state index in [-0.39, 0.29) is 24.1 Å². The second-order valence-electron chi connectivity index (χ2n) is 5.74. The van der Waals surface area contributed by atoms with E-state index in [9.17, 15) is 14.0 Å². The summed E-state index contributed by atoms with van der Waals surface area (Å²) in [5.41, 5.74) is 1.56. The number of aliphatic carboxylic acids is 1. The first-order valence-electron chi connectivity index (χ1n) is 7.56. The summed E-state index contributed by atoms with van der Waals surface area (Å²) in [5.74, 6) is -1.55. The Bertz CT molecular complexity index is 728. The Kier molecular flexibility index (Phi) is 6.03. The first-order chi connectivity index (χ1) is 11.3. The van der Waals surface area contributed by atoms with Crippen molar-refractivity contribution in [2.45, 2.75) is 26.7 Å². The number of hydrogen-bond donors (Lipinski definition) is 2. The third-order valence-corrected chi connectivity index (χ3v) is 4.61. The fourth-order valence-corrected chi connectivity index (χ4v) is 3.25. The summed E-state index contributed by atoms with van der Waals surface area (Å²) in [6.07, 6.45) is 0.548. The first kappa shape index (κ1) is 18.1. The summed E-state index contributed by atoms with van der Waals surface area (Å²) in [5, 5.41) is 12.3. The number of rotatable bonds is 7. The van der Waals surface area contributed by atoms with Crippen molar-refractivity contribution in [3.8, 4) is 0 Å². The van der Waals surface area contributed by atoms with Crippen LogP contribution >= 0.6 is 11.3 Å². The lowest BCUT2D eigenvalue weighted by Gasteiger charge is -2.09. The van der Waals surface area contributed by atoms with Crippen molar-refractivity contribution in [2.24, 2.45) is 5.92 Å². The molecule has 128 valence electrons. The van der Waals surface area contributed by atoms with Crippen LogP contribution in [0.25, 0.3) is 0 Å². The topological polar surface area (TPSA) is 79.3 Å². The number of nitrogens with zero attached hydrogens (tertiary/aromatic N) is 1. The van der Waals surface area contributed by atoms with Crippen LogP contribution in [0.4, 0.5) is 4.39 Å². The Morgan fingerprint density at radius 2 is 2.00 bits per heavy atom. The van der Waals surface area contributed by atoms with Crippen LogP contribution in [-0.4, -0.2) is 28.5 Å². The molecule has 0 bridgehead atoms. The van der Waals surface area contributed by atoms with Gasteiger partial charge in [0.25, 0.3) is 5.91 Å². The number of amides is 1. The molecule has 0 radical (unpaired) electrons. The molecule has 1 aromatic carbocycles. The van der Waals surface area contributed by atoms with E-state index in [2.05, 4.69) is 10.3 Å². The molecule has 0 aliphatic carbocycles. The third kappa shape index (κ3) is 5.13. The maximum atomic E-state index is 12.9. The zero-order chi connectivity index (χ0) is 17.7. The summed E-state index contributed by atoms with van der Waals surface area (Å²) in [4.78, 5) is 27.8. The standard InChI is InChI=1S/C17H19FN2O3S/c1-10(7-15(21)22)9-19-17(23)16-11(2)20-14(24-16)8-12-3-5-13(18)6-4-12/h3-6,10H,7-9H2,1-2H3,(H,19,23)(H,21,22). The lowest BCUT2D eigenvalue weighted by Crippen LogP contribution is -2.29. The normalized spacial score (nSPS) is 12.0. The highest BCUT2D eigenvalue weighted by Crippen LogP contribution is 2.21. The quantitative estimate of drug-likeness (QED) is 0.804. The fraction of sp³-hybridized carbons (Fsp3) is 0.353. The van der Waals surface area contributed by atoms with Crippen molar-refractivity contribution in [3.63, 3.8) is 0 Å². The molecule has 24 heavy (non-hydrogen) atoms. The van der Waals surface area contributed by atoms with E-state index >= 15 is 0 Å². The number of aromatic nitrogens is 1. The highest BCUT2D eigenvalue weighted by atomic mass is 32.1. The molecule has 0 saturated carbocycles. The van der Waals surface area contributed by atoms with E-state index < -0.39 is 5.97 Å². The van der Waals surface area contributed by atoms with Crippen molar-refractivity contribution in [2.75, 3.05) is 6.54 Å². The summed E-state index contributed by atoms with van der Waals surface area (Å²) in [6.45, 7) is 3.84. The summed E-state index contributed by atoms with van der Waals surface area (Å²) in [7, 11) is 0. The summed E-state index contributed by atoms with van der Waals surface area (Å²) in [6, 6.07) is 6.18. The second kappa shape index (κ2) is 8.01. The molecule has 0 aliphatic rings. The molecule has 5 nitrogen and oxygen atoms in total. The van der Waals surface area contributed by atoms with Gasteiger partial charge >= 0.3 is 5.97 Å². The number of benzene rings is 1. The van der Waals surface area contributed by atoms with Crippen molar-refractivity contribution in [1.82, 2.24) is 10.3 Å². The molecule has 2 rings (SSSR count). The van der Waals surface area contributed by atoms with Crippen LogP contribution in [0.3, 0.4) is 0 Å². The Hall–Kier alpha value is -2.28. The zero-order valence-corrected chi connectivity index (χ0v) is 14.3. The van der Waals surface area contributed by atoms with E-state index in [4.69, 9.17) is 5.11 Å². The number of hydrogen-bond acceptors (Lipinski definition) is 4. The molecule has 1 amide bonds. The number of nitrogens with one attached hydrogen (secondary N) is 1. The SMILES string of the molecule is Cc1nc(Cc2ccc(F)cc2)sc1C(=O)NCC(C)CC(=O)O. The van der Waals surface area contributed by atoms with Gasteiger partial charge in [-0.2, -0.15) is 0 Å². The van der Waals surface area contributed by atoms with Crippen LogP contribution in [0, 0.1) is 18.7 Å². The molecule has 2 N–H and O–H groups in total. The van der Waals surface area contributed by atoms with Gasteiger partial charge in [-0.05, 0) is 30.5 Å². The number of aryl methyl sites for hydroxylation is 1. The molecular weight excluding hydrogens is 331 g/mol. The zero-order valence-electron chi connectivity index (χ0n) is 13.5. The highest BCUT2D eigenvalue weighted by Gasteiger charge is 2.17. The van der Waals surface area contributed by atoms with Crippen LogP contribution in [0.1, 0.15) is 39.3 Å². The van der Waals surface area contributed by atoms with E-state index in [0.29, 0.717) is 23.5 Å². The van der Waals surface area contributed by atoms with E-state index in [0.717, 1.165) is 10.6 Å². The minimum Gasteiger partial charge on any atom is -0.481 e. The molecule has 1 atom stereocenters. The second-order valence-corrected chi connectivity index (χ2v) is 6.82. The number of carboxylic acids is 1. The fourth-order valence-electron chi connectivity index (χ4n) is 2.23. The largest absolute Gasteiger partial charge is 0.481 e. The van der Waals surface area contributed by atoms with Gasteiger partial charge in [-0.1, -0.05) is 19.1 Å². The highest BCUT2D eigenvalue weighted by molar-refractivity contribution is 7.13. The van der Waals surface area contributed by atoms with Gasteiger partial charge in [0.1, 0.15) is 10.7 Å². The number of halogens is 1. The monoisotopic (exact) mass is 350 g/mol. The Labute approximate surface area is 143 Å². The van der Waals surface area contributed by atoms with Crippen molar-refractivity contribution < 1.29 is 19.1 Å². The lowest BCUT2D eigenvalue weighted by molar-refractivity contribution is -0.137. The lowest BCUT2D eigenvalue weighted by atomic mass is 10.1. The minimum absolute atomic E-state index is 0.0117. The molecule has 7 heteroatoms. The Balaban J connectivity index is 1.98. The average molecular weight is 350 g/mol. The molecule has 0 saturated heterocycles.